The fourth-order valence-corrected chi connectivity index (χ4v) is 4.78. The van der Waals surface area contributed by atoms with E-state index in [0.29, 0.717) is 34.5 Å². The molecule has 3 unspecified atom stereocenters. The number of allylic oxidation sites excluding steroid dienone is 1. The number of rotatable bonds is 6. The standard InChI is InChI=1S/C20H22F3N3O/c1-10(3-4-21)25-20(27)11(2)19-13-5-12(6-14(13)19)26-9-24-17-7-15(22)16(23)8-18(17)26/h7-9,11-14,19H,1,3-6H2,2H3,(H,25,27)/t11?,12?,13-,14+,19?. The van der Waals surface area contributed by atoms with Gasteiger partial charge in [0.2, 0.25) is 5.91 Å². The van der Waals surface area contributed by atoms with E-state index in [0.717, 1.165) is 18.9 Å². The molecule has 0 saturated heterocycles. The molecule has 144 valence electrons. The summed E-state index contributed by atoms with van der Waals surface area (Å²) < 4.78 is 41.2. The molecule has 2 aromatic rings. The number of hydrogen-bond donors (Lipinski definition) is 1. The minimum absolute atomic E-state index is 0.102. The van der Waals surface area contributed by atoms with Crippen LogP contribution in [0.4, 0.5) is 13.2 Å². The maximum atomic E-state index is 13.6. The van der Waals surface area contributed by atoms with Gasteiger partial charge in [-0.1, -0.05) is 13.5 Å². The van der Waals surface area contributed by atoms with Crippen LogP contribution in [0.25, 0.3) is 11.0 Å². The summed E-state index contributed by atoms with van der Waals surface area (Å²) in [6, 6.07) is 2.50. The van der Waals surface area contributed by atoms with E-state index in [4.69, 9.17) is 0 Å². The molecular formula is C20H22F3N3O. The Morgan fingerprint density at radius 2 is 2.00 bits per heavy atom. The number of fused-ring (bicyclic) bond motifs is 2. The Morgan fingerprint density at radius 3 is 2.67 bits per heavy atom. The fourth-order valence-electron chi connectivity index (χ4n) is 4.78. The number of imidazole rings is 1. The number of hydrogen-bond acceptors (Lipinski definition) is 2. The van der Waals surface area contributed by atoms with Crippen molar-refractivity contribution in [1.82, 2.24) is 14.9 Å². The van der Waals surface area contributed by atoms with Crippen LogP contribution in [-0.4, -0.2) is 22.1 Å². The Labute approximate surface area is 155 Å². The van der Waals surface area contributed by atoms with Gasteiger partial charge in [0, 0.05) is 36.2 Å². The Hall–Kier alpha value is -2.31. The van der Waals surface area contributed by atoms with Crippen molar-refractivity contribution in [2.75, 3.05) is 6.67 Å². The Bertz CT molecular complexity index is 897. The number of nitrogens with zero attached hydrogens (tertiary/aromatic N) is 2. The lowest BCUT2D eigenvalue weighted by molar-refractivity contribution is -0.124. The topological polar surface area (TPSA) is 46.9 Å². The molecule has 1 aromatic heterocycles. The maximum Gasteiger partial charge on any atom is 0.227 e. The number of aromatic nitrogens is 2. The van der Waals surface area contributed by atoms with Gasteiger partial charge in [-0.3, -0.25) is 9.18 Å². The van der Waals surface area contributed by atoms with Gasteiger partial charge in [0.15, 0.2) is 11.6 Å². The number of amides is 1. The molecule has 1 aromatic carbocycles. The molecule has 27 heavy (non-hydrogen) atoms. The van der Waals surface area contributed by atoms with E-state index in [2.05, 4.69) is 16.9 Å². The normalized spacial score (nSPS) is 27.4. The third kappa shape index (κ3) is 3.13. The summed E-state index contributed by atoms with van der Waals surface area (Å²) in [5.74, 6) is -0.831. The molecule has 2 saturated carbocycles. The predicted octanol–water partition coefficient (Wildman–Crippen LogP) is 4.14. The van der Waals surface area contributed by atoms with Gasteiger partial charge in [-0.05, 0) is 30.6 Å². The summed E-state index contributed by atoms with van der Waals surface area (Å²) in [6.45, 7) is 5.04. The maximum absolute atomic E-state index is 13.6. The molecular weight excluding hydrogens is 355 g/mol. The van der Waals surface area contributed by atoms with Crippen LogP contribution < -0.4 is 5.32 Å². The van der Waals surface area contributed by atoms with Gasteiger partial charge in [0.1, 0.15) is 0 Å². The summed E-state index contributed by atoms with van der Waals surface area (Å²) in [5.41, 5.74) is 1.47. The van der Waals surface area contributed by atoms with Crippen molar-refractivity contribution in [3.8, 4) is 0 Å². The van der Waals surface area contributed by atoms with Crippen molar-refractivity contribution in [3.63, 3.8) is 0 Å². The van der Waals surface area contributed by atoms with Crippen LogP contribution in [0.15, 0.2) is 30.7 Å². The molecule has 0 radical (unpaired) electrons. The van der Waals surface area contributed by atoms with E-state index in [9.17, 15) is 18.0 Å². The fraction of sp³-hybridized carbons (Fsp3) is 0.500. The monoisotopic (exact) mass is 377 g/mol. The molecule has 1 N–H and O–H groups in total. The highest BCUT2D eigenvalue weighted by Crippen LogP contribution is 2.63. The average molecular weight is 377 g/mol. The molecule has 4 rings (SSSR count). The zero-order chi connectivity index (χ0) is 19.3. The van der Waals surface area contributed by atoms with Crippen molar-refractivity contribution in [1.29, 1.82) is 0 Å². The number of nitrogens with one attached hydrogen (secondary N) is 1. The summed E-state index contributed by atoms with van der Waals surface area (Å²) in [6.07, 6.45) is 3.57. The zero-order valence-electron chi connectivity index (χ0n) is 15.1. The van der Waals surface area contributed by atoms with E-state index in [1.165, 1.54) is 6.07 Å². The smallest absolute Gasteiger partial charge is 0.227 e. The van der Waals surface area contributed by atoms with Crippen molar-refractivity contribution in [2.45, 2.75) is 32.2 Å². The molecule has 7 heteroatoms. The van der Waals surface area contributed by atoms with Crippen molar-refractivity contribution in [3.05, 3.63) is 42.4 Å². The van der Waals surface area contributed by atoms with Gasteiger partial charge in [-0.15, -0.1) is 0 Å². The molecule has 2 aliphatic rings. The highest BCUT2D eigenvalue weighted by Gasteiger charge is 2.59. The Morgan fingerprint density at radius 1 is 1.33 bits per heavy atom. The SMILES string of the molecule is C=C(CCF)NC(=O)C(C)C1[C@H]2CC(n3cnc4cc(F)c(F)cc43)C[C@@H]12. The lowest BCUT2D eigenvalue weighted by Gasteiger charge is -2.20. The van der Waals surface area contributed by atoms with Crippen LogP contribution >= 0.6 is 0 Å². The number of carbonyl (C=O) groups excluding carboxylic acids is 1. The predicted molar refractivity (Wildman–Crippen MR) is 95.4 cm³/mol. The molecule has 4 nitrogen and oxygen atoms in total. The highest BCUT2D eigenvalue weighted by molar-refractivity contribution is 5.80. The summed E-state index contributed by atoms with van der Waals surface area (Å²) >= 11 is 0. The van der Waals surface area contributed by atoms with Crippen molar-refractivity contribution < 1.29 is 18.0 Å². The largest absolute Gasteiger partial charge is 0.330 e. The lowest BCUT2D eigenvalue weighted by Crippen LogP contribution is -2.30. The first-order valence-corrected chi connectivity index (χ1v) is 9.27. The minimum atomic E-state index is -0.892. The van der Waals surface area contributed by atoms with Crippen molar-refractivity contribution in [2.24, 2.45) is 23.7 Å². The van der Waals surface area contributed by atoms with Gasteiger partial charge < -0.3 is 9.88 Å². The average Bonchev–Trinajstić information content (AvgIpc) is 2.94. The van der Waals surface area contributed by atoms with E-state index >= 15 is 0 Å². The van der Waals surface area contributed by atoms with E-state index < -0.39 is 18.3 Å². The first-order chi connectivity index (χ1) is 12.9. The van der Waals surface area contributed by atoms with Gasteiger partial charge in [-0.2, -0.15) is 0 Å². The van der Waals surface area contributed by atoms with Gasteiger partial charge in [0.25, 0.3) is 0 Å². The third-order valence-corrected chi connectivity index (χ3v) is 6.18. The molecule has 2 aliphatic carbocycles. The Balaban J connectivity index is 1.41. The van der Waals surface area contributed by atoms with Crippen LogP contribution in [-0.2, 0) is 4.79 Å². The quantitative estimate of drug-likeness (QED) is 0.823. The second-order valence-electron chi connectivity index (χ2n) is 7.76. The van der Waals surface area contributed by atoms with E-state index in [1.54, 1.807) is 6.33 Å². The van der Waals surface area contributed by atoms with Gasteiger partial charge >= 0.3 is 0 Å². The molecule has 1 heterocycles. The Kier molecular flexibility index (Phi) is 4.48. The number of carbonyl (C=O) groups is 1. The molecule has 0 bridgehead atoms. The molecule has 0 spiro atoms. The number of alkyl halides is 1. The molecule has 1 amide bonds. The number of halogens is 3. The minimum Gasteiger partial charge on any atom is -0.330 e. The van der Waals surface area contributed by atoms with Crippen LogP contribution in [0, 0.1) is 35.3 Å². The second kappa shape index (κ2) is 6.69. The molecule has 2 fully saturated rings. The van der Waals surface area contributed by atoms with E-state index in [-0.39, 0.29) is 24.3 Å². The van der Waals surface area contributed by atoms with E-state index in [1.807, 2.05) is 11.5 Å². The van der Waals surface area contributed by atoms with Crippen LogP contribution in [0.5, 0.6) is 0 Å². The summed E-state index contributed by atoms with van der Waals surface area (Å²) in [4.78, 5) is 16.5. The molecule has 0 aliphatic heterocycles. The van der Waals surface area contributed by atoms with Gasteiger partial charge in [0.05, 0.1) is 24.0 Å². The zero-order valence-corrected chi connectivity index (χ0v) is 15.1. The van der Waals surface area contributed by atoms with Crippen LogP contribution in [0.1, 0.15) is 32.2 Å². The van der Waals surface area contributed by atoms with Crippen LogP contribution in [0.3, 0.4) is 0 Å². The number of benzene rings is 1. The second-order valence-corrected chi connectivity index (χ2v) is 7.76. The first-order valence-electron chi connectivity index (χ1n) is 9.27. The molecule has 5 atom stereocenters. The van der Waals surface area contributed by atoms with Gasteiger partial charge in [-0.25, -0.2) is 13.8 Å². The van der Waals surface area contributed by atoms with Crippen molar-refractivity contribution >= 4 is 16.9 Å². The van der Waals surface area contributed by atoms with Crippen LogP contribution in [0.2, 0.25) is 0 Å². The first kappa shape index (κ1) is 18.1. The summed E-state index contributed by atoms with van der Waals surface area (Å²) in [7, 11) is 0. The highest BCUT2D eigenvalue weighted by atomic mass is 19.2. The lowest BCUT2D eigenvalue weighted by atomic mass is 9.96. The summed E-state index contributed by atoms with van der Waals surface area (Å²) in [5, 5.41) is 2.70. The third-order valence-electron chi connectivity index (χ3n) is 6.18.